The van der Waals surface area contributed by atoms with Crippen LogP contribution in [0.15, 0.2) is 71.7 Å². The smallest absolute Gasteiger partial charge is 0.282 e. The number of thiophene rings is 1. The molecule has 0 fully saturated rings. The molecule has 2 heterocycles. The van der Waals surface area contributed by atoms with Gasteiger partial charge in [-0.1, -0.05) is 56.6 Å². The van der Waals surface area contributed by atoms with Gasteiger partial charge in [0.15, 0.2) is 0 Å². The summed E-state index contributed by atoms with van der Waals surface area (Å²) in [6, 6.07) is 18.4. The highest BCUT2D eigenvalue weighted by atomic mass is 35.5. The van der Waals surface area contributed by atoms with Crippen molar-refractivity contribution < 1.29 is 9.59 Å². The van der Waals surface area contributed by atoms with E-state index in [2.05, 4.69) is 26.1 Å². The molecule has 2 aromatic carbocycles. The fraction of sp³-hybridized carbons (Fsp3) is 0.167. The topological polar surface area (TPSA) is 49.4 Å². The van der Waals surface area contributed by atoms with Crippen LogP contribution >= 0.6 is 22.9 Å². The quantitative estimate of drug-likeness (QED) is 0.503. The lowest BCUT2D eigenvalue weighted by Gasteiger charge is -2.19. The third kappa shape index (κ3) is 3.78. The highest BCUT2D eigenvalue weighted by molar-refractivity contribution is 7.11. The van der Waals surface area contributed by atoms with Crippen molar-refractivity contribution in [1.29, 1.82) is 0 Å². The van der Waals surface area contributed by atoms with Gasteiger partial charge in [0.05, 0.1) is 11.3 Å². The van der Waals surface area contributed by atoms with Crippen molar-refractivity contribution in [2.24, 2.45) is 0 Å². The van der Waals surface area contributed by atoms with Crippen LogP contribution in [-0.4, -0.2) is 11.8 Å². The summed E-state index contributed by atoms with van der Waals surface area (Å²) in [7, 11) is 0. The number of halogens is 1. The van der Waals surface area contributed by atoms with Crippen molar-refractivity contribution in [2.45, 2.75) is 26.2 Å². The average Bonchev–Trinajstić information content (AvgIpc) is 3.29. The molecular weight excluding hydrogens is 416 g/mol. The van der Waals surface area contributed by atoms with Crippen LogP contribution in [0.3, 0.4) is 0 Å². The van der Waals surface area contributed by atoms with E-state index in [1.807, 2.05) is 41.8 Å². The number of nitrogens with one attached hydrogen (secondary N) is 1. The summed E-state index contributed by atoms with van der Waals surface area (Å²) in [6.45, 7) is 6.44. The fourth-order valence-electron chi connectivity index (χ4n) is 3.34. The minimum atomic E-state index is -0.398. The highest BCUT2D eigenvalue weighted by Gasteiger charge is 2.40. The zero-order chi connectivity index (χ0) is 21.5. The van der Waals surface area contributed by atoms with Crippen LogP contribution in [0.25, 0.3) is 5.57 Å². The van der Waals surface area contributed by atoms with E-state index in [1.54, 1.807) is 24.3 Å². The second-order valence-electron chi connectivity index (χ2n) is 8.11. The van der Waals surface area contributed by atoms with Crippen LogP contribution in [0.4, 0.5) is 11.4 Å². The summed E-state index contributed by atoms with van der Waals surface area (Å²) >= 11 is 7.52. The first-order valence-electron chi connectivity index (χ1n) is 9.56. The van der Waals surface area contributed by atoms with Crippen LogP contribution in [0.2, 0.25) is 5.02 Å². The zero-order valence-corrected chi connectivity index (χ0v) is 18.5. The Kier molecular flexibility index (Phi) is 5.26. The van der Waals surface area contributed by atoms with E-state index in [1.165, 1.54) is 21.8 Å². The molecule has 0 bridgehead atoms. The van der Waals surface area contributed by atoms with Gasteiger partial charge in [-0.2, -0.15) is 0 Å². The SMILES string of the molecule is CC(C)(C)c1ccc(NC2=C(c3cccs3)C(=O)N(c3cccc(Cl)c3)C2=O)cc1. The Morgan fingerprint density at radius 2 is 1.67 bits per heavy atom. The Morgan fingerprint density at radius 3 is 2.27 bits per heavy atom. The predicted octanol–water partition coefficient (Wildman–Crippen LogP) is 6.10. The van der Waals surface area contributed by atoms with E-state index in [0.717, 1.165) is 10.6 Å². The van der Waals surface area contributed by atoms with Gasteiger partial charge in [-0.05, 0) is 52.8 Å². The Labute approximate surface area is 184 Å². The molecule has 0 spiro atoms. The van der Waals surface area contributed by atoms with Crippen LogP contribution in [0.1, 0.15) is 31.2 Å². The van der Waals surface area contributed by atoms with Gasteiger partial charge in [-0.3, -0.25) is 9.59 Å². The van der Waals surface area contributed by atoms with Gasteiger partial charge in [-0.25, -0.2) is 4.90 Å². The van der Waals surface area contributed by atoms with Gasteiger partial charge in [-0.15, -0.1) is 11.3 Å². The molecule has 152 valence electrons. The number of rotatable bonds is 4. The van der Waals surface area contributed by atoms with Gasteiger partial charge in [0, 0.05) is 15.6 Å². The minimum Gasteiger partial charge on any atom is -0.350 e. The summed E-state index contributed by atoms with van der Waals surface area (Å²) in [5.41, 5.74) is 3.06. The zero-order valence-electron chi connectivity index (χ0n) is 16.9. The third-order valence-corrected chi connectivity index (χ3v) is 6.06. The third-order valence-electron chi connectivity index (χ3n) is 4.94. The molecule has 0 radical (unpaired) electrons. The first-order chi connectivity index (χ1) is 14.3. The van der Waals surface area contributed by atoms with Crippen LogP contribution in [0.5, 0.6) is 0 Å². The van der Waals surface area contributed by atoms with Crippen LogP contribution in [-0.2, 0) is 15.0 Å². The number of anilines is 2. The minimum absolute atomic E-state index is 0.0302. The Balaban J connectivity index is 1.74. The molecule has 2 amide bonds. The second kappa shape index (κ2) is 7.74. The van der Waals surface area contributed by atoms with E-state index in [-0.39, 0.29) is 17.0 Å². The molecular formula is C24H21ClN2O2S. The molecule has 3 aromatic rings. The number of nitrogens with zero attached hydrogens (tertiary/aromatic N) is 1. The van der Waals surface area contributed by atoms with Crippen molar-refractivity contribution >= 4 is 51.7 Å². The van der Waals surface area contributed by atoms with Gasteiger partial charge >= 0.3 is 0 Å². The maximum Gasteiger partial charge on any atom is 0.282 e. The standard InChI is InChI=1S/C24H21ClN2O2S/c1-24(2,3)15-9-11-17(12-10-15)26-21-20(19-8-5-13-30-19)22(28)27(23(21)29)18-7-4-6-16(25)14-18/h4-14,26H,1-3H3. The van der Waals surface area contributed by atoms with Crippen molar-refractivity contribution in [3.8, 4) is 0 Å². The Hall–Kier alpha value is -2.89. The first-order valence-corrected chi connectivity index (χ1v) is 10.8. The Bertz CT molecular complexity index is 1140. The maximum atomic E-state index is 13.3. The lowest BCUT2D eigenvalue weighted by molar-refractivity contribution is -0.120. The van der Waals surface area contributed by atoms with E-state index >= 15 is 0 Å². The second-order valence-corrected chi connectivity index (χ2v) is 9.49. The fourth-order valence-corrected chi connectivity index (χ4v) is 4.30. The summed E-state index contributed by atoms with van der Waals surface area (Å²) in [4.78, 5) is 28.5. The molecule has 4 rings (SSSR count). The molecule has 0 saturated carbocycles. The molecule has 0 unspecified atom stereocenters. The van der Waals surface area contributed by atoms with Gasteiger partial charge < -0.3 is 5.32 Å². The van der Waals surface area contributed by atoms with Crippen molar-refractivity contribution in [2.75, 3.05) is 10.2 Å². The lowest BCUT2D eigenvalue weighted by atomic mass is 9.87. The summed E-state index contributed by atoms with van der Waals surface area (Å²) in [6.07, 6.45) is 0. The van der Waals surface area contributed by atoms with Crippen molar-refractivity contribution in [3.63, 3.8) is 0 Å². The lowest BCUT2D eigenvalue weighted by Crippen LogP contribution is -2.32. The monoisotopic (exact) mass is 436 g/mol. The molecule has 4 nitrogen and oxygen atoms in total. The molecule has 0 atom stereocenters. The highest BCUT2D eigenvalue weighted by Crippen LogP contribution is 2.36. The molecule has 0 saturated heterocycles. The number of carbonyl (C=O) groups excluding carboxylic acids is 2. The summed E-state index contributed by atoms with van der Waals surface area (Å²) < 4.78 is 0. The van der Waals surface area contributed by atoms with Crippen LogP contribution < -0.4 is 10.2 Å². The molecule has 0 aliphatic carbocycles. The Morgan fingerprint density at radius 1 is 0.933 bits per heavy atom. The van der Waals surface area contributed by atoms with E-state index in [9.17, 15) is 9.59 Å². The predicted molar refractivity (Wildman–Crippen MR) is 124 cm³/mol. The van der Waals surface area contributed by atoms with E-state index in [0.29, 0.717) is 16.3 Å². The molecule has 1 aromatic heterocycles. The number of hydrogen-bond acceptors (Lipinski definition) is 4. The van der Waals surface area contributed by atoms with Crippen molar-refractivity contribution in [3.05, 3.63) is 87.2 Å². The largest absolute Gasteiger partial charge is 0.350 e. The number of imide groups is 1. The van der Waals surface area contributed by atoms with Crippen molar-refractivity contribution in [1.82, 2.24) is 0 Å². The molecule has 1 aliphatic heterocycles. The van der Waals surface area contributed by atoms with Gasteiger partial charge in [0.1, 0.15) is 5.70 Å². The van der Waals surface area contributed by atoms with E-state index in [4.69, 9.17) is 11.6 Å². The number of carbonyl (C=O) groups is 2. The number of amides is 2. The number of hydrogen-bond donors (Lipinski definition) is 1. The van der Waals surface area contributed by atoms with E-state index < -0.39 is 5.91 Å². The molecule has 1 aliphatic rings. The molecule has 6 heteroatoms. The van der Waals surface area contributed by atoms with Gasteiger partial charge in [0.2, 0.25) is 0 Å². The van der Waals surface area contributed by atoms with Crippen LogP contribution in [0, 0.1) is 0 Å². The van der Waals surface area contributed by atoms with Gasteiger partial charge in [0.25, 0.3) is 11.8 Å². The molecule has 30 heavy (non-hydrogen) atoms. The number of benzene rings is 2. The molecule has 1 N–H and O–H groups in total. The average molecular weight is 437 g/mol. The summed E-state index contributed by atoms with van der Waals surface area (Å²) in [5.74, 6) is -0.760. The normalized spacial score (nSPS) is 14.6. The maximum absolute atomic E-state index is 13.3. The summed E-state index contributed by atoms with van der Waals surface area (Å²) in [5, 5.41) is 5.54. The first kappa shape index (κ1) is 20.4.